The number of hydrogen-bond donors (Lipinski definition) is 2. The Morgan fingerprint density at radius 1 is 1.05 bits per heavy atom. The lowest BCUT2D eigenvalue weighted by molar-refractivity contribution is -0.156. The molecule has 0 heterocycles. The van der Waals surface area contributed by atoms with E-state index in [1.54, 1.807) is 0 Å². The minimum atomic E-state index is -0.830. The van der Waals surface area contributed by atoms with Gasteiger partial charge in [0.25, 0.3) is 0 Å². The molecule has 2 N–H and O–H groups in total. The molecule has 1 fully saturated rings. The standard InChI is InChI=1S/C16H28O4/c1-2-3-11-16(15(19)20,12-7-10-14(17)18)13-8-5-4-6-9-13/h13H,2-12H2,1H3,(H,17,18)(H,19,20). The predicted octanol–water partition coefficient (Wildman–Crippen LogP) is 4.08. The summed E-state index contributed by atoms with van der Waals surface area (Å²) in [5, 5.41) is 18.6. The van der Waals surface area contributed by atoms with Crippen molar-refractivity contribution in [2.24, 2.45) is 11.3 Å². The van der Waals surface area contributed by atoms with Crippen molar-refractivity contribution < 1.29 is 19.8 Å². The number of carboxylic acid groups (broad SMARTS) is 2. The molecular formula is C16H28O4. The van der Waals surface area contributed by atoms with Crippen molar-refractivity contribution in [1.82, 2.24) is 0 Å². The zero-order valence-corrected chi connectivity index (χ0v) is 12.6. The fourth-order valence-electron chi connectivity index (χ4n) is 3.62. The van der Waals surface area contributed by atoms with Crippen LogP contribution in [0.2, 0.25) is 0 Å². The molecule has 0 aromatic carbocycles. The molecule has 116 valence electrons. The van der Waals surface area contributed by atoms with Gasteiger partial charge in [-0.15, -0.1) is 0 Å². The van der Waals surface area contributed by atoms with Crippen LogP contribution < -0.4 is 0 Å². The highest BCUT2D eigenvalue weighted by atomic mass is 16.4. The average Bonchev–Trinajstić information content (AvgIpc) is 2.43. The second-order valence-corrected chi connectivity index (χ2v) is 6.15. The minimum absolute atomic E-state index is 0.0773. The molecule has 1 aliphatic rings. The van der Waals surface area contributed by atoms with Crippen LogP contribution in [0.5, 0.6) is 0 Å². The van der Waals surface area contributed by atoms with E-state index in [0.29, 0.717) is 19.3 Å². The monoisotopic (exact) mass is 284 g/mol. The maximum absolute atomic E-state index is 12.0. The molecule has 1 rings (SSSR count). The fraction of sp³-hybridized carbons (Fsp3) is 0.875. The van der Waals surface area contributed by atoms with Gasteiger partial charge in [-0.25, -0.2) is 0 Å². The van der Waals surface area contributed by atoms with Crippen LogP contribution in [-0.4, -0.2) is 22.2 Å². The molecular weight excluding hydrogens is 256 g/mol. The van der Waals surface area contributed by atoms with Crippen LogP contribution in [0.1, 0.15) is 77.6 Å². The SMILES string of the molecule is CCCCC(CCCC(=O)O)(C(=O)O)C1CCCCC1. The zero-order valence-electron chi connectivity index (χ0n) is 12.6. The Kier molecular flexibility index (Phi) is 7.03. The largest absolute Gasteiger partial charge is 0.481 e. The summed E-state index contributed by atoms with van der Waals surface area (Å²) >= 11 is 0. The van der Waals surface area contributed by atoms with Gasteiger partial charge in [-0.05, 0) is 38.0 Å². The van der Waals surface area contributed by atoms with Crippen molar-refractivity contribution in [1.29, 1.82) is 0 Å². The van der Waals surface area contributed by atoms with Gasteiger partial charge in [0.05, 0.1) is 5.41 Å². The van der Waals surface area contributed by atoms with Gasteiger partial charge in [-0.1, -0.05) is 39.0 Å². The fourth-order valence-corrected chi connectivity index (χ4v) is 3.62. The van der Waals surface area contributed by atoms with Crippen LogP contribution in [0.3, 0.4) is 0 Å². The Morgan fingerprint density at radius 2 is 1.65 bits per heavy atom. The summed E-state index contributed by atoms with van der Waals surface area (Å²) in [4.78, 5) is 22.7. The summed E-state index contributed by atoms with van der Waals surface area (Å²) in [5.41, 5.74) is -0.689. The number of carboxylic acids is 2. The predicted molar refractivity (Wildman–Crippen MR) is 77.7 cm³/mol. The number of carbonyl (C=O) groups is 2. The summed E-state index contributed by atoms with van der Waals surface area (Å²) in [6.45, 7) is 2.07. The van der Waals surface area contributed by atoms with E-state index in [1.807, 2.05) is 0 Å². The van der Waals surface area contributed by atoms with E-state index in [1.165, 1.54) is 6.42 Å². The van der Waals surface area contributed by atoms with Crippen LogP contribution in [0.4, 0.5) is 0 Å². The van der Waals surface area contributed by atoms with Crippen molar-refractivity contribution in [2.45, 2.75) is 77.6 Å². The third-order valence-corrected chi connectivity index (χ3v) is 4.80. The summed E-state index contributed by atoms with van der Waals surface area (Å²) in [6, 6.07) is 0. The van der Waals surface area contributed by atoms with Gasteiger partial charge >= 0.3 is 11.9 Å². The molecule has 0 radical (unpaired) electrons. The van der Waals surface area contributed by atoms with Crippen molar-refractivity contribution in [3.63, 3.8) is 0 Å². The molecule has 1 atom stereocenters. The van der Waals surface area contributed by atoms with Crippen LogP contribution in [0, 0.1) is 11.3 Å². The molecule has 0 saturated heterocycles. The molecule has 0 bridgehead atoms. The van der Waals surface area contributed by atoms with E-state index in [2.05, 4.69) is 6.92 Å². The molecule has 0 aromatic heterocycles. The van der Waals surface area contributed by atoms with Gasteiger partial charge in [-0.2, -0.15) is 0 Å². The van der Waals surface area contributed by atoms with Crippen LogP contribution in [0.15, 0.2) is 0 Å². The van der Waals surface area contributed by atoms with Gasteiger partial charge in [0, 0.05) is 6.42 Å². The molecule has 0 amide bonds. The maximum atomic E-state index is 12.0. The summed E-state index contributed by atoms with van der Waals surface area (Å²) in [6.07, 6.45) is 9.07. The third-order valence-electron chi connectivity index (χ3n) is 4.80. The van der Waals surface area contributed by atoms with Gasteiger partial charge in [0.15, 0.2) is 0 Å². The van der Waals surface area contributed by atoms with Crippen LogP contribution in [0.25, 0.3) is 0 Å². The van der Waals surface area contributed by atoms with E-state index in [-0.39, 0.29) is 12.3 Å². The minimum Gasteiger partial charge on any atom is -0.481 e. The molecule has 4 nitrogen and oxygen atoms in total. The molecule has 1 saturated carbocycles. The number of unbranched alkanes of at least 4 members (excludes halogenated alkanes) is 1. The highest BCUT2D eigenvalue weighted by molar-refractivity contribution is 5.75. The van der Waals surface area contributed by atoms with E-state index in [0.717, 1.165) is 38.5 Å². The number of hydrogen-bond acceptors (Lipinski definition) is 2. The Morgan fingerprint density at radius 3 is 2.15 bits per heavy atom. The highest BCUT2D eigenvalue weighted by Crippen LogP contribution is 2.46. The van der Waals surface area contributed by atoms with E-state index in [9.17, 15) is 14.7 Å². The second-order valence-electron chi connectivity index (χ2n) is 6.15. The quantitative estimate of drug-likeness (QED) is 0.669. The molecule has 0 spiro atoms. The first kappa shape index (κ1) is 17.0. The van der Waals surface area contributed by atoms with Gasteiger partial charge in [0.1, 0.15) is 0 Å². The molecule has 1 unspecified atom stereocenters. The van der Waals surface area contributed by atoms with Crippen molar-refractivity contribution >= 4 is 11.9 Å². The summed E-state index contributed by atoms with van der Waals surface area (Å²) in [7, 11) is 0. The Hall–Kier alpha value is -1.06. The van der Waals surface area contributed by atoms with Crippen LogP contribution in [-0.2, 0) is 9.59 Å². The lowest BCUT2D eigenvalue weighted by atomic mass is 9.64. The number of aliphatic carboxylic acids is 2. The smallest absolute Gasteiger partial charge is 0.309 e. The van der Waals surface area contributed by atoms with Crippen molar-refractivity contribution in [3.8, 4) is 0 Å². The first-order valence-corrected chi connectivity index (χ1v) is 7.98. The number of rotatable bonds is 9. The van der Waals surface area contributed by atoms with Crippen LogP contribution >= 0.6 is 0 Å². The van der Waals surface area contributed by atoms with E-state index in [4.69, 9.17) is 5.11 Å². The van der Waals surface area contributed by atoms with Crippen molar-refractivity contribution in [3.05, 3.63) is 0 Å². The second kappa shape index (κ2) is 8.28. The molecule has 20 heavy (non-hydrogen) atoms. The Bertz CT molecular complexity index is 320. The van der Waals surface area contributed by atoms with Gasteiger partial charge in [0.2, 0.25) is 0 Å². The van der Waals surface area contributed by atoms with E-state index >= 15 is 0 Å². The highest BCUT2D eigenvalue weighted by Gasteiger charge is 2.44. The first-order valence-electron chi connectivity index (χ1n) is 7.98. The topological polar surface area (TPSA) is 74.6 Å². The zero-order chi connectivity index (χ0) is 15.0. The first-order chi connectivity index (χ1) is 9.53. The van der Waals surface area contributed by atoms with Crippen molar-refractivity contribution in [2.75, 3.05) is 0 Å². The van der Waals surface area contributed by atoms with Gasteiger partial charge in [-0.3, -0.25) is 9.59 Å². The maximum Gasteiger partial charge on any atom is 0.309 e. The third kappa shape index (κ3) is 4.50. The molecule has 1 aliphatic carbocycles. The molecule has 0 aliphatic heterocycles. The summed E-state index contributed by atoms with van der Waals surface area (Å²) < 4.78 is 0. The van der Waals surface area contributed by atoms with E-state index < -0.39 is 17.4 Å². The normalized spacial score (nSPS) is 19.4. The summed E-state index contributed by atoms with van der Waals surface area (Å²) in [5.74, 6) is -1.30. The van der Waals surface area contributed by atoms with Gasteiger partial charge < -0.3 is 10.2 Å². The lowest BCUT2D eigenvalue weighted by Gasteiger charge is -2.39. The molecule has 0 aromatic rings. The molecule has 4 heteroatoms. The average molecular weight is 284 g/mol. The lowest BCUT2D eigenvalue weighted by Crippen LogP contribution is -2.40. The Labute approximate surface area is 121 Å². The Balaban J connectivity index is 2.81.